The molecule has 0 saturated carbocycles. The first kappa shape index (κ1) is 19.5. The van der Waals surface area contributed by atoms with Crippen molar-refractivity contribution in [3.63, 3.8) is 0 Å². The summed E-state index contributed by atoms with van der Waals surface area (Å²) in [7, 11) is 0. The van der Waals surface area contributed by atoms with Gasteiger partial charge in [0.2, 0.25) is 0 Å². The summed E-state index contributed by atoms with van der Waals surface area (Å²) < 4.78 is 15.3. The predicted molar refractivity (Wildman–Crippen MR) is 72.2 cm³/mol. The van der Waals surface area contributed by atoms with Gasteiger partial charge in [-0.3, -0.25) is 0 Å². The van der Waals surface area contributed by atoms with Crippen molar-refractivity contribution in [2.75, 3.05) is 13.2 Å². The van der Waals surface area contributed by atoms with Crippen molar-refractivity contribution in [2.24, 2.45) is 5.18 Å². The van der Waals surface area contributed by atoms with Gasteiger partial charge in [0.1, 0.15) is 48.8 Å². The Morgan fingerprint density at radius 1 is 0.833 bits per heavy atom. The van der Waals surface area contributed by atoms with E-state index < -0.39 is 74.6 Å². The van der Waals surface area contributed by atoms with Crippen LogP contribution in [0.2, 0.25) is 0 Å². The van der Waals surface area contributed by atoms with E-state index in [-0.39, 0.29) is 0 Å². The van der Waals surface area contributed by atoms with Crippen LogP contribution < -0.4 is 0 Å². The van der Waals surface area contributed by atoms with Crippen molar-refractivity contribution in [1.82, 2.24) is 0 Å². The monoisotopic (exact) mass is 355 g/mol. The molecule has 0 bridgehead atoms. The molecule has 0 spiro atoms. The van der Waals surface area contributed by atoms with Crippen LogP contribution in [0.15, 0.2) is 5.18 Å². The van der Waals surface area contributed by atoms with Gasteiger partial charge < -0.3 is 50.0 Å². The summed E-state index contributed by atoms with van der Waals surface area (Å²) in [5.41, 5.74) is 0. The van der Waals surface area contributed by atoms with Crippen molar-refractivity contribution in [1.29, 1.82) is 0 Å². The highest BCUT2D eigenvalue weighted by Gasteiger charge is 2.50. The van der Waals surface area contributed by atoms with E-state index in [0.29, 0.717) is 0 Å². The third kappa shape index (κ3) is 3.57. The molecular formula is C12H21NO11. The molecule has 7 unspecified atom stereocenters. The van der Waals surface area contributed by atoms with Crippen LogP contribution in [0, 0.1) is 4.91 Å². The highest BCUT2D eigenvalue weighted by atomic mass is 16.7. The molecule has 2 saturated heterocycles. The van der Waals surface area contributed by atoms with Crippen molar-refractivity contribution in [2.45, 2.75) is 61.3 Å². The predicted octanol–water partition coefficient (Wildman–Crippen LogP) is -4.62. The van der Waals surface area contributed by atoms with E-state index in [9.17, 15) is 40.7 Å². The molecule has 24 heavy (non-hydrogen) atoms. The number of hydrogen-bond donors (Lipinski definition) is 7. The number of nitrogens with zero attached hydrogens (tertiary/aromatic N) is 1. The Labute approximate surface area is 135 Å². The molecule has 2 aliphatic heterocycles. The van der Waals surface area contributed by atoms with Gasteiger partial charge in [0.05, 0.1) is 13.2 Å². The van der Waals surface area contributed by atoms with Crippen LogP contribution in [-0.2, 0) is 14.2 Å². The van der Waals surface area contributed by atoms with Crippen molar-refractivity contribution < 1.29 is 50.0 Å². The lowest BCUT2D eigenvalue weighted by Crippen LogP contribution is -2.64. The summed E-state index contributed by atoms with van der Waals surface area (Å²) in [5, 5.41) is 69.9. The molecule has 2 fully saturated rings. The summed E-state index contributed by atoms with van der Waals surface area (Å²) >= 11 is 0. The molecule has 140 valence electrons. The molecule has 12 nitrogen and oxygen atoms in total. The normalized spacial score (nSPS) is 49.8. The average molecular weight is 355 g/mol. The van der Waals surface area contributed by atoms with Gasteiger partial charge >= 0.3 is 0 Å². The smallest absolute Gasteiger partial charge is 0.187 e. The highest BCUT2D eigenvalue weighted by molar-refractivity contribution is 4.96. The molecule has 0 aromatic heterocycles. The summed E-state index contributed by atoms with van der Waals surface area (Å²) in [4.78, 5) is 10.7. The Bertz CT molecular complexity index is 422. The standard InChI is InChI=1S/C12H21NO11/c14-1-3-5(13-21)6(16)9(19)12(23-3)24-10-4(2-15)22-11(20)8(18)7(10)17/h3-12,14-20H,1-2H2/t3?,4?,5-,6?,7?,8?,9?,10+,11?,12-/m0/s1. The fourth-order valence-electron chi connectivity index (χ4n) is 2.70. The van der Waals surface area contributed by atoms with E-state index in [1.165, 1.54) is 0 Å². The molecule has 0 amide bonds. The first-order valence-corrected chi connectivity index (χ1v) is 7.26. The second-order valence-corrected chi connectivity index (χ2v) is 5.63. The first-order chi connectivity index (χ1) is 11.3. The largest absolute Gasteiger partial charge is 0.394 e. The van der Waals surface area contributed by atoms with Crippen molar-refractivity contribution in [3.8, 4) is 0 Å². The number of aliphatic hydroxyl groups is 7. The second kappa shape index (κ2) is 8.05. The van der Waals surface area contributed by atoms with Crippen LogP contribution in [0.4, 0.5) is 0 Å². The lowest BCUT2D eigenvalue weighted by molar-refractivity contribution is -0.346. The van der Waals surface area contributed by atoms with Crippen molar-refractivity contribution >= 4 is 0 Å². The summed E-state index contributed by atoms with van der Waals surface area (Å²) in [6, 6.07) is -1.43. The van der Waals surface area contributed by atoms with E-state index in [1.807, 2.05) is 0 Å². The van der Waals surface area contributed by atoms with Gasteiger partial charge in [-0.05, 0) is 0 Å². The highest BCUT2D eigenvalue weighted by Crippen LogP contribution is 2.29. The van der Waals surface area contributed by atoms with Gasteiger partial charge in [0.25, 0.3) is 0 Å². The third-order valence-corrected chi connectivity index (χ3v) is 4.10. The van der Waals surface area contributed by atoms with Gasteiger partial charge in [0, 0.05) is 0 Å². The summed E-state index contributed by atoms with van der Waals surface area (Å²) in [6.45, 7) is -1.40. The van der Waals surface area contributed by atoms with E-state index >= 15 is 0 Å². The zero-order chi connectivity index (χ0) is 18.0. The SMILES string of the molecule is O=N[C@H]1C(CO)O[C@@H](O[C@@H]2C(CO)OC(O)C(O)C2O)C(O)C1O. The van der Waals surface area contributed by atoms with Gasteiger partial charge in [-0.25, -0.2) is 0 Å². The molecule has 0 radical (unpaired) electrons. The minimum atomic E-state index is -1.76. The topological polar surface area (TPSA) is 199 Å². The van der Waals surface area contributed by atoms with Crippen LogP contribution in [-0.4, -0.2) is 110 Å². The maximum atomic E-state index is 10.7. The van der Waals surface area contributed by atoms with Crippen LogP contribution in [0.5, 0.6) is 0 Å². The molecular weight excluding hydrogens is 334 g/mol. The van der Waals surface area contributed by atoms with Gasteiger partial charge in [0.15, 0.2) is 12.6 Å². The summed E-state index contributed by atoms with van der Waals surface area (Å²) in [6.07, 6.45) is -14.2. The molecule has 7 N–H and O–H groups in total. The lowest BCUT2D eigenvalue weighted by Gasteiger charge is -2.44. The average Bonchev–Trinajstić information content (AvgIpc) is 2.58. The molecule has 12 heteroatoms. The van der Waals surface area contributed by atoms with E-state index in [0.717, 1.165) is 0 Å². The zero-order valence-corrected chi connectivity index (χ0v) is 12.4. The molecule has 2 rings (SSSR count). The fraction of sp³-hybridized carbons (Fsp3) is 1.00. The lowest BCUT2D eigenvalue weighted by atomic mass is 9.96. The molecule has 2 aliphatic rings. The van der Waals surface area contributed by atoms with Gasteiger partial charge in [-0.2, -0.15) is 4.91 Å². The van der Waals surface area contributed by atoms with E-state index in [2.05, 4.69) is 5.18 Å². The Morgan fingerprint density at radius 2 is 1.46 bits per heavy atom. The van der Waals surface area contributed by atoms with E-state index in [1.54, 1.807) is 0 Å². The third-order valence-electron chi connectivity index (χ3n) is 4.10. The van der Waals surface area contributed by atoms with Crippen LogP contribution in [0.3, 0.4) is 0 Å². The minimum Gasteiger partial charge on any atom is -0.394 e. The van der Waals surface area contributed by atoms with Gasteiger partial charge in [-0.15, -0.1) is 0 Å². The maximum Gasteiger partial charge on any atom is 0.187 e. The first-order valence-electron chi connectivity index (χ1n) is 7.26. The molecule has 0 aliphatic carbocycles. The Morgan fingerprint density at radius 3 is 2.00 bits per heavy atom. The Kier molecular flexibility index (Phi) is 6.55. The maximum absolute atomic E-state index is 10.7. The van der Waals surface area contributed by atoms with Crippen LogP contribution in [0.1, 0.15) is 0 Å². The van der Waals surface area contributed by atoms with Gasteiger partial charge in [-0.1, -0.05) is 5.18 Å². The molecule has 2 heterocycles. The zero-order valence-electron chi connectivity index (χ0n) is 12.4. The molecule has 10 atom stereocenters. The van der Waals surface area contributed by atoms with E-state index in [4.69, 9.17) is 14.2 Å². The molecule has 0 aromatic rings. The van der Waals surface area contributed by atoms with Crippen LogP contribution >= 0.6 is 0 Å². The quantitative estimate of drug-likeness (QED) is 0.234. The van der Waals surface area contributed by atoms with Crippen molar-refractivity contribution in [3.05, 3.63) is 4.91 Å². The Balaban J connectivity index is 2.14. The second-order valence-electron chi connectivity index (χ2n) is 5.63. The number of hydrogen-bond acceptors (Lipinski definition) is 12. The summed E-state index contributed by atoms with van der Waals surface area (Å²) in [5.74, 6) is 0. The van der Waals surface area contributed by atoms with Crippen LogP contribution in [0.25, 0.3) is 0 Å². The minimum absolute atomic E-state index is 0.696. The number of nitroso groups, excluding NO2 is 1. The molecule has 0 aromatic carbocycles. The number of rotatable bonds is 5. The number of ether oxygens (including phenoxy) is 3. The fourth-order valence-corrected chi connectivity index (χ4v) is 2.70. The Hall–Kier alpha value is -0.800. The number of aliphatic hydroxyl groups excluding tert-OH is 7.